The fourth-order valence-electron chi connectivity index (χ4n) is 3.57. The van der Waals surface area contributed by atoms with E-state index in [1.54, 1.807) is 0 Å². The molecule has 1 saturated carbocycles. The van der Waals surface area contributed by atoms with E-state index in [1.165, 1.54) is 25.1 Å². The van der Waals surface area contributed by atoms with Gasteiger partial charge < -0.3 is 10.4 Å². The van der Waals surface area contributed by atoms with Crippen molar-refractivity contribution >= 4 is 21.6 Å². The van der Waals surface area contributed by atoms with Crippen LogP contribution in [0.4, 0.5) is 23.2 Å². The fourth-order valence-corrected chi connectivity index (χ4v) is 4.72. The molecule has 0 radical (unpaired) electrons. The summed E-state index contributed by atoms with van der Waals surface area (Å²) in [6, 6.07) is 6.72. The molecule has 3 N–H and O–H groups in total. The monoisotopic (exact) mass is 474 g/mol. The Hall–Kier alpha value is -2.50. The number of carbonyl (C=O) groups is 1. The summed E-state index contributed by atoms with van der Waals surface area (Å²) in [7, 11) is -4.32. The molecule has 0 aromatic heterocycles. The van der Waals surface area contributed by atoms with Gasteiger partial charge in [0.15, 0.2) is 0 Å². The van der Waals surface area contributed by atoms with E-state index in [2.05, 4.69) is 10.0 Å². The van der Waals surface area contributed by atoms with E-state index in [9.17, 15) is 35.9 Å². The van der Waals surface area contributed by atoms with Crippen molar-refractivity contribution in [3.05, 3.63) is 59.2 Å². The van der Waals surface area contributed by atoms with Crippen LogP contribution < -0.4 is 10.0 Å². The first-order valence-electron chi connectivity index (χ1n) is 9.78. The summed E-state index contributed by atoms with van der Waals surface area (Å²) < 4.78 is 80.0. The number of benzene rings is 2. The Kier molecular flexibility index (Phi) is 6.91. The van der Waals surface area contributed by atoms with Gasteiger partial charge in [-0.1, -0.05) is 0 Å². The second-order valence-corrected chi connectivity index (χ2v) is 9.66. The summed E-state index contributed by atoms with van der Waals surface area (Å²) in [6.45, 7) is 1.37. The molecular weight excluding hydrogens is 452 g/mol. The molecule has 6 nitrogen and oxygen atoms in total. The summed E-state index contributed by atoms with van der Waals surface area (Å²) in [6.07, 6.45) is -2.95. The lowest BCUT2D eigenvalue weighted by Gasteiger charge is -2.43. The largest absolute Gasteiger partial charge is 0.384 e. The molecule has 3 rings (SSSR count). The molecular formula is C21H22F4N2O4S. The maximum Gasteiger partial charge on any atom is 0.266 e. The maximum atomic E-state index is 14.2. The van der Waals surface area contributed by atoms with Crippen molar-refractivity contribution in [3.63, 3.8) is 0 Å². The minimum atomic E-state index is -4.32. The zero-order chi connectivity index (χ0) is 23.7. The summed E-state index contributed by atoms with van der Waals surface area (Å²) in [5.74, 6) is -2.52. The quantitative estimate of drug-likeness (QED) is 0.510. The van der Waals surface area contributed by atoms with Gasteiger partial charge in [0.1, 0.15) is 22.1 Å². The van der Waals surface area contributed by atoms with Gasteiger partial charge in [0.05, 0.1) is 0 Å². The number of nitrogens with one attached hydrogen (secondary N) is 2. The third-order valence-electron chi connectivity index (χ3n) is 5.43. The molecule has 32 heavy (non-hydrogen) atoms. The van der Waals surface area contributed by atoms with E-state index in [4.69, 9.17) is 0 Å². The van der Waals surface area contributed by atoms with Crippen molar-refractivity contribution in [1.29, 1.82) is 0 Å². The SMILES string of the molecule is Cc1cc(NC(=O)c2ccc(F)c(S(=O)(=O)NCCC3CC(O)(C(F)F)C3)c2)ccc1F. The second-order valence-electron chi connectivity index (χ2n) is 7.93. The minimum absolute atomic E-state index is 0.130. The van der Waals surface area contributed by atoms with Crippen LogP contribution in [-0.2, 0) is 10.0 Å². The fraction of sp³-hybridized carbons (Fsp3) is 0.381. The number of aryl methyl sites for hydroxylation is 1. The third-order valence-corrected chi connectivity index (χ3v) is 6.91. The van der Waals surface area contributed by atoms with Crippen LogP contribution in [0.15, 0.2) is 41.3 Å². The summed E-state index contributed by atoms with van der Waals surface area (Å²) in [4.78, 5) is 11.7. The van der Waals surface area contributed by atoms with E-state index in [1.807, 2.05) is 0 Å². The van der Waals surface area contributed by atoms with Gasteiger partial charge in [0.2, 0.25) is 10.0 Å². The molecule has 11 heteroatoms. The molecule has 0 aliphatic heterocycles. The Morgan fingerprint density at radius 2 is 1.81 bits per heavy atom. The Morgan fingerprint density at radius 1 is 1.16 bits per heavy atom. The third kappa shape index (κ3) is 5.28. The molecule has 174 valence electrons. The van der Waals surface area contributed by atoms with E-state index < -0.39 is 44.5 Å². The summed E-state index contributed by atoms with van der Waals surface area (Å²) >= 11 is 0. The first-order chi connectivity index (χ1) is 14.9. The maximum absolute atomic E-state index is 14.2. The van der Waals surface area contributed by atoms with Gasteiger partial charge in [-0.15, -0.1) is 0 Å². The number of halogens is 4. The summed E-state index contributed by atoms with van der Waals surface area (Å²) in [5, 5.41) is 12.0. The van der Waals surface area contributed by atoms with Crippen molar-refractivity contribution in [2.45, 2.75) is 43.1 Å². The van der Waals surface area contributed by atoms with Crippen LogP contribution >= 0.6 is 0 Å². The molecule has 0 atom stereocenters. The molecule has 0 saturated heterocycles. The second kappa shape index (κ2) is 9.16. The van der Waals surface area contributed by atoms with Gasteiger partial charge in [0.25, 0.3) is 12.3 Å². The van der Waals surface area contributed by atoms with Gasteiger partial charge in [-0.05, 0) is 74.1 Å². The zero-order valence-electron chi connectivity index (χ0n) is 17.0. The minimum Gasteiger partial charge on any atom is -0.384 e. The highest BCUT2D eigenvalue weighted by Gasteiger charge is 2.49. The van der Waals surface area contributed by atoms with Gasteiger partial charge in [-0.25, -0.2) is 30.7 Å². The van der Waals surface area contributed by atoms with Crippen LogP contribution in [0.3, 0.4) is 0 Å². The molecule has 0 bridgehead atoms. The van der Waals surface area contributed by atoms with Gasteiger partial charge in [-0.3, -0.25) is 4.79 Å². The number of carbonyl (C=O) groups excluding carboxylic acids is 1. The highest BCUT2D eigenvalue weighted by atomic mass is 32.2. The number of anilines is 1. The van der Waals surface area contributed by atoms with E-state index in [0.717, 1.165) is 18.2 Å². The lowest BCUT2D eigenvalue weighted by molar-refractivity contribution is -0.168. The number of aliphatic hydroxyl groups is 1. The Balaban J connectivity index is 1.64. The molecule has 1 aliphatic rings. The number of amides is 1. The van der Waals surface area contributed by atoms with Crippen LogP contribution in [0.1, 0.15) is 35.2 Å². The van der Waals surface area contributed by atoms with Gasteiger partial charge in [0, 0.05) is 17.8 Å². The number of alkyl halides is 2. The highest BCUT2D eigenvalue weighted by Crippen LogP contribution is 2.43. The van der Waals surface area contributed by atoms with E-state index in [-0.39, 0.29) is 43.0 Å². The van der Waals surface area contributed by atoms with Crippen molar-refractivity contribution < 1.29 is 35.9 Å². The molecule has 0 unspecified atom stereocenters. The average molecular weight is 474 g/mol. The van der Waals surface area contributed by atoms with Crippen molar-refractivity contribution in [3.8, 4) is 0 Å². The zero-order valence-corrected chi connectivity index (χ0v) is 17.9. The molecule has 2 aromatic rings. The smallest absolute Gasteiger partial charge is 0.266 e. The van der Waals surface area contributed by atoms with Crippen molar-refractivity contribution in [2.24, 2.45) is 5.92 Å². The van der Waals surface area contributed by atoms with Crippen molar-refractivity contribution in [1.82, 2.24) is 4.72 Å². The first kappa shape index (κ1) is 24.1. The number of rotatable bonds is 8. The molecule has 1 aliphatic carbocycles. The van der Waals surface area contributed by atoms with Crippen LogP contribution in [0, 0.1) is 24.5 Å². The van der Waals surface area contributed by atoms with E-state index in [0.29, 0.717) is 5.56 Å². The van der Waals surface area contributed by atoms with Gasteiger partial charge >= 0.3 is 0 Å². The van der Waals surface area contributed by atoms with Crippen LogP contribution in [0.2, 0.25) is 0 Å². The predicted octanol–water partition coefficient (Wildman–Crippen LogP) is 3.60. The van der Waals surface area contributed by atoms with Crippen molar-refractivity contribution in [2.75, 3.05) is 11.9 Å². The van der Waals surface area contributed by atoms with Crippen LogP contribution in [-0.4, -0.2) is 38.0 Å². The van der Waals surface area contributed by atoms with Gasteiger partial charge in [-0.2, -0.15) is 0 Å². The normalized spacial score (nSPS) is 20.8. The summed E-state index contributed by atoms with van der Waals surface area (Å²) in [5.41, 5.74) is -1.58. The highest BCUT2D eigenvalue weighted by molar-refractivity contribution is 7.89. The number of sulfonamides is 1. The van der Waals surface area contributed by atoms with Crippen LogP contribution in [0.25, 0.3) is 0 Å². The number of hydrogen-bond donors (Lipinski definition) is 3. The Bertz CT molecular complexity index is 1120. The predicted molar refractivity (Wildman–Crippen MR) is 109 cm³/mol. The number of hydrogen-bond acceptors (Lipinski definition) is 4. The average Bonchev–Trinajstić information content (AvgIpc) is 2.69. The standard InChI is InChI=1S/C21H22F4N2O4S/c1-12-8-15(3-5-16(12)22)27-19(28)14-2-4-17(23)18(9-14)32(30,31)26-7-6-13-10-21(29,11-13)20(24)25/h2-5,8-9,13,20,26,29H,6-7,10-11H2,1H3,(H,27,28). The molecule has 2 aromatic carbocycles. The lowest BCUT2D eigenvalue weighted by Crippen LogP contribution is -2.50. The Labute approximate surface area is 182 Å². The van der Waals surface area contributed by atoms with Crippen LogP contribution in [0.5, 0.6) is 0 Å². The Morgan fingerprint density at radius 3 is 2.44 bits per heavy atom. The molecule has 1 fully saturated rings. The molecule has 0 spiro atoms. The first-order valence-corrected chi connectivity index (χ1v) is 11.3. The molecule has 0 heterocycles. The molecule has 1 amide bonds. The van der Waals surface area contributed by atoms with E-state index >= 15 is 0 Å². The lowest BCUT2D eigenvalue weighted by atomic mass is 9.70. The topological polar surface area (TPSA) is 95.5 Å².